The van der Waals surface area contributed by atoms with Gasteiger partial charge in [0.25, 0.3) is 0 Å². The number of phenolic OH excluding ortho intramolecular Hbond substituents is 1. The number of phenols is 1. The topological polar surface area (TPSA) is 172 Å². The zero-order valence-corrected chi connectivity index (χ0v) is 29.9. The number of ether oxygens (including phenoxy) is 4. The van der Waals surface area contributed by atoms with Crippen molar-refractivity contribution >= 4 is 22.5 Å². The predicted octanol–water partition coefficient (Wildman–Crippen LogP) is 4.89. The summed E-state index contributed by atoms with van der Waals surface area (Å²) in [6, 6.07) is 13.7. The lowest BCUT2D eigenvalue weighted by molar-refractivity contribution is -0.325. The molecule has 3 heterocycles. The van der Waals surface area contributed by atoms with E-state index in [0.29, 0.717) is 48.8 Å². The first-order valence-electron chi connectivity index (χ1n) is 18.6. The van der Waals surface area contributed by atoms with Crippen molar-refractivity contribution in [3.05, 3.63) is 93.6 Å². The summed E-state index contributed by atoms with van der Waals surface area (Å²) in [4.78, 5) is 25.8. The molecule has 9 atom stereocenters. The second-order valence-corrected chi connectivity index (χ2v) is 15.4. The number of Topliss-reactive ketones (excluding diaryl/α,β-unsaturated/α-hetero) is 1. The lowest BCUT2D eigenvalue weighted by Gasteiger charge is -2.53. The van der Waals surface area contributed by atoms with Gasteiger partial charge in [-0.15, -0.1) is 0 Å². The van der Waals surface area contributed by atoms with E-state index >= 15 is 0 Å². The zero-order valence-electron chi connectivity index (χ0n) is 29.9. The summed E-state index contributed by atoms with van der Waals surface area (Å²) < 4.78 is 25.0. The first-order chi connectivity index (χ1) is 25.5. The lowest BCUT2D eigenvalue weighted by atomic mass is 9.58. The minimum Gasteiger partial charge on any atom is -0.506 e. The fourth-order valence-electron chi connectivity index (χ4n) is 9.85. The van der Waals surface area contributed by atoms with Crippen LogP contribution < -0.4 is 4.74 Å². The van der Waals surface area contributed by atoms with Crippen LogP contribution >= 0.6 is 0 Å². The Morgan fingerprint density at radius 3 is 2.62 bits per heavy atom. The standard InChI is InChI=1S/C42H46O11/c1-21-14-25-15-26(40(48)49)16-32(36(25)37(45)34(21)31(44)11-8-23-6-4-3-5-7-23)52-41-38(46)39(47)42(33(18-43)53-41)17-29-22(2)27-12-13-50-20-30(27)28-10-9-24(19-51-42)35(28)29/h3-7,10,14-16,22,27,29-30,33,38-39,41,43,45-47H,8-9,11-13,17-20H2,1-2H3,(H,48,49)/t22-,27-,29+,30-,33+,38+,39+,41+,42+/m0/s1. The van der Waals surface area contributed by atoms with Crippen LogP contribution in [0, 0.1) is 30.6 Å². The predicted molar refractivity (Wildman–Crippen MR) is 193 cm³/mol. The fourth-order valence-corrected chi connectivity index (χ4v) is 9.85. The minimum absolute atomic E-state index is 0.00760. The number of aliphatic hydroxyl groups is 3. The molecule has 2 aliphatic carbocycles. The number of benzene rings is 3. The van der Waals surface area contributed by atoms with Gasteiger partial charge < -0.3 is 44.5 Å². The van der Waals surface area contributed by atoms with E-state index in [1.807, 2.05) is 30.3 Å². The molecule has 11 nitrogen and oxygen atoms in total. The van der Waals surface area contributed by atoms with Crippen molar-refractivity contribution in [2.45, 2.75) is 76.2 Å². The molecule has 3 aromatic carbocycles. The van der Waals surface area contributed by atoms with E-state index in [0.717, 1.165) is 24.0 Å². The number of ketones is 1. The normalized spacial score (nSPS) is 32.2. The summed E-state index contributed by atoms with van der Waals surface area (Å²) in [5.74, 6) is -1.22. The smallest absolute Gasteiger partial charge is 0.335 e. The van der Waals surface area contributed by atoms with Crippen molar-refractivity contribution in [3.8, 4) is 11.5 Å². The molecule has 2 saturated heterocycles. The summed E-state index contributed by atoms with van der Waals surface area (Å²) in [5.41, 5.74) is 3.52. The van der Waals surface area contributed by atoms with Crippen LogP contribution in [0.2, 0.25) is 0 Å². The molecule has 1 spiro atoms. The highest BCUT2D eigenvalue weighted by Gasteiger charge is 2.61. The molecule has 280 valence electrons. The quantitative estimate of drug-likeness (QED) is 0.200. The largest absolute Gasteiger partial charge is 0.506 e. The number of aromatic hydroxyl groups is 1. The molecule has 5 N–H and O–H groups in total. The Hall–Kier alpha value is -4.10. The average Bonchev–Trinajstić information content (AvgIpc) is 3.50. The highest BCUT2D eigenvalue weighted by Crippen LogP contribution is 2.57. The first kappa shape index (κ1) is 35.9. The van der Waals surface area contributed by atoms with E-state index < -0.39 is 42.8 Å². The Morgan fingerprint density at radius 1 is 1.08 bits per heavy atom. The van der Waals surface area contributed by atoms with Crippen LogP contribution in [0.1, 0.15) is 64.4 Å². The summed E-state index contributed by atoms with van der Waals surface area (Å²) in [6.45, 7) is 4.91. The number of carbonyl (C=O) groups is 2. The maximum absolute atomic E-state index is 13.6. The molecule has 3 aromatic rings. The number of allylic oxidation sites excluding steroid dienone is 2. The van der Waals surface area contributed by atoms with Crippen LogP contribution in [0.4, 0.5) is 0 Å². The Morgan fingerprint density at radius 2 is 1.87 bits per heavy atom. The monoisotopic (exact) mass is 726 g/mol. The van der Waals surface area contributed by atoms with Crippen molar-refractivity contribution in [1.82, 2.24) is 0 Å². The molecule has 0 bridgehead atoms. The molecular formula is C42H46O11. The number of aliphatic hydroxyl groups excluding tert-OH is 3. The highest BCUT2D eigenvalue weighted by atomic mass is 16.7. The Kier molecular flexibility index (Phi) is 9.45. The summed E-state index contributed by atoms with van der Waals surface area (Å²) in [6.07, 6.45) is -1.17. The van der Waals surface area contributed by atoms with Crippen LogP contribution in [0.15, 0.2) is 71.3 Å². The number of fused-ring (bicyclic) bond motifs is 3. The second kappa shape index (κ2) is 14.0. The number of carbonyl (C=O) groups excluding carboxylic acids is 1. The van der Waals surface area contributed by atoms with Gasteiger partial charge in [-0.1, -0.05) is 49.4 Å². The third kappa shape index (κ3) is 5.98. The van der Waals surface area contributed by atoms with Gasteiger partial charge in [0.2, 0.25) is 6.29 Å². The van der Waals surface area contributed by atoms with Crippen LogP contribution in [0.25, 0.3) is 10.8 Å². The average molecular weight is 727 g/mol. The Bertz CT molecular complexity index is 2000. The third-order valence-corrected chi connectivity index (χ3v) is 12.5. The van der Waals surface area contributed by atoms with E-state index in [1.54, 1.807) is 13.0 Å². The summed E-state index contributed by atoms with van der Waals surface area (Å²) in [7, 11) is 0. The number of hydrogen-bond acceptors (Lipinski definition) is 10. The van der Waals surface area contributed by atoms with Gasteiger partial charge in [-0.25, -0.2) is 4.79 Å². The maximum Gasteiger partial charge on any atom is 0.335 e. The molecule has 0 radical (unpaired) electrons. The van der Waals surface area contributed by atoms with E-state index in [-0.39, 0.29) is 58.7 Å². The van der Waals surface area contributed by atoms with Crippen molar-refractivity contribution in [3.63, 3.8) is 0 Å². The highest BCUT2D eigenvalue weighted by molar-refractivity contribution is 6.09. The van der Waals surface area contributed by atoms with Gasteiger partial charge >= 0.3 is 5.97 Å². The molecule has 1 saturated carbocycles. The molecular weight excluding hydrogens is 680 g/mol. The van der Waals surface area contributed by atoms with Crippen LogP contribution in [-0.2, 0) is 20.6 Å². The van der Waals surface area contributed by atoms with Crippen molar-refractivity contribution in [2.75, 3.05) is 26.4 Å². The molecule has 53 heavy (non-hydrogen) atoms. The molecule has 0 unspecified atom stereocenters. The van der Waals surface area contributed by atoms with Gasteiger partial charge in [0.15, 0.2) is 5.78 Å². The number of aryl methyl sites for hydroxylation is 2. The van der Waals surface area contributed by atoms with Crippen LogP contribution in [0.5, 0.6) is 11.5 Å². The first-order valence-corrected chi connectivity index (χ1v) is 18.6. The zero-order chi connectivity index (χ0) is 37.2. The van der Waals surface area contributed by atoms with Crippen molar-refractivity contribution in [1.29, 1.82) is 0 Å². The molecule has 5 aliphatic rings. The number of carboxylic acid groups (broad SMARTS) is 1. The number of carboxylic acids is 1. The summed E-state index contributed by atoms with van der Waals surface area (Å²) >= 11 is 0. The van der Waals surface area contributed by atoms with Crippen LogP contribution in [-0.4, -0.2) is 93.9 Å². The van der Waals surface area contributed by atoms with Gasteiger partial charge in [0, 0.05) is 18.9 Å². The van der Waals surface area contributed by atoms with Crippen molar-refractivity contribution < 1.29 is 54.1 Å². The van der Waals surface area contributed by atoms with Gasteiger partial charge in [-0.3, -0.25) is 4.79 Å². The minimum atomic E-state index is -1.70. The van der Waals surface area contributed by atoms with E-state index in [2.05, 4.69) is 13.0 Å². The second-order valence-electron chi connectivity index (χ2n) is 15.4. The third-order valence-electron chi connectivity index (χ3n) is 12.5. The summed E-state index contributed by atoms with van der Waals surface area (Å²) in [5, 5.41) is 56.6. The van der Waals surface area contributed by atoms with Gasteiger partial charge in [-0.05, 0) is 95.7 Å². The fraction of sp³-hybridized carbons (Fsp3) is 0.476. The number of aromatic carboxylic acids is 1. The van der Waals surface area contributed by atoms with Crippen molar-refractivity contribution in [2.24, 2.45) is 23.7 Å². The van der Waals surface area contributed by atoms with Gasteiger partial charge in [0.1, 0.15) is 35.4 Å². The van der Waals surface area contributed by atoms with E-state index in [9.17, 15) is 35.1 Å². The molecule has 8 rings (SSSR count). The maximum atomic E-state index is 13.6. The molecule has 0 aromatic heterocycles. The molecule has 3 fully saturated rings. The van der Waals surface area contributed by atoms with Gasteiger partial charge in [-0.2, -0.15) is 0 Å². The number of hydrogen-bond donors (Lipinski definition) is 5. The molecule has 11 heteroatoms. The van der Waals surface area contributed by atoms with E-state index in [1.165, 1.54) is 23.3 Å². The molecule has 0 amide bonds. The molecule has 3 aliphatic heterocycles. The van der Waals surface area contributed by atoms with Crippen LogP contribution in [0.3, 0.4) is 0 Å². The Labute approximate surface area is 307 Å². The van der Waals surface area contributed by atoms with Gasteiger partial charge in [0.05, 0.1) is 36.3 Å². The SMILES string of the molecule is Cc1cc2cc(C(=O)O)cc(O[C@@H]3O[C@H](CO)[C@]4(C[C@H]5C6=C(CC=C6[C@H]6COCC[C@H]6[C@@H]5C)CO4)[C@H](O)[C@H]3O)c2c(O)c1C(=O)CCc1ccccc1. The number of rotatable bonds is 8. The van der Waals surface area contributed by atoms with E-state index in [4.69, 9.17) is 18.9 Å². The lowest BCUT2D eigenvalue weighted by Crippen LogP contribution is -2.69. The Balaban J connectivity index is 1.11.